The number of hydrogen-bond donors (Lipinski definition) is 2. The molecule has 2 aromatic carbocycles. The van der Waals surface area contributed by atoms with E-state index < -0.39 is 15.6 Å². The number of carbonyl (C=O) groups is 1. The first-order valence-electron chi connectivity index (χ1n) is 11.5. The second kappa shape index (κ2) is 9.51. The van der Waals surface area contributed by atoms with Crippen LogP contribution in [0.5, 0.6) is 5.75 Å². The molecule has 2 N–H and O–H groups in total. The van der Waals surface area contributed by atoms with Crippen molar-refractivity contribution in [3.05, 3.63) is 81.7 Å². The van der Waals surface area contributed by atoms with E-state index in [4.69, 9.17) is 16.3 Å². The van der Waals surface area contributed by atoms with Crippen LogP contribution in [0.3, 0.4) is 0 Å². The van der Waals surface area contributed by atoms with Crippen LogP contribution < -0.4 is 20.3 Å². The van der Waals surface area contributed by atoms with Crippen molar-refractivity contribution >= 4 is 39.0 Å². The lowest BCUT2D eigenvalue weighted by Crippen LogP contribution is -2.50. The predicted molar refractivity (Wildman–Crippen MR) is 137 cm³/mol. The average Bonchev–Trinajstić information content (AvgIpc) is 2.86. The fourth-order valence-corrected chi connectivity index (χ4v) is 6.07. The summed E-state index contributed by atoms with van der Waals surface area (Å²) in [6, 6.07) is 15.9. The Morgan fingerprint density at radius 3 is 2.42 bits per heavy atom. The van der Waals surface area contributed by atoms with Crippen LogP contribution in [0.2, 0.25) is 5.02 Å². The summed E-state index contributed by atoms with van der Waals surface area (Å²) < 4.78 is 34.7. The summed E-state index contributed by atoms with van der Waals surface area (Å²) in [7, 11) is -2.36. The number of likely N-dealkylation sites (tertiary alicyclic amines) is 1. The van der Waals surface area contributed by atoms with Gasteiger partial charge in [-0.25, -0.2) is 13.2 Å². The van der Waals surface area contributed by atoms with Gasteiger partial charge in [-0.15, -0.1) is 0 Å². The van der Waals surface area contributed by atoms with Gasteiger partial charge >= 0.3 is 6.03 Å². The van der Waals surface area contributed by atoms with Gasteiger partial charge in [0.1, 0.15) is 11.4 Å². The van der Waals surface area contributed by atoms with E-state index in [9.17, 15) is 18.0 Å². The molecular weight excluding hydrogens is 504 g/mol. The molecule has 1 aromatic heterocycles. The van der Waals surface area contributed by atoms with E-state index in [0.717, 1.165) is 12.1 Å². The molecule has 1 saturated heterocycles. The normalized spacial score (nSPS) is 18.8. The Balaban J connectivity index is 1.33. The Labute approximate surface area is 213 Å². The number of anilines is 2. The smallest absolute Gasteiger partial charge is 0.321 e. The largest absolute Gasteiger partial charge is 0.497 e. The second-order valence-corrected chi connectivity index (χ2v) is 11.1. The van der Waals surface area contributed by atoms with Gasteiger partial charge in [0, 0.05) is 42.0 Å². The summed E-state index contributed by atoms with van der Waals surface area (Å²) >= 11 is 5.85. The molecule has 1 fully saturated rings. The Bertz CT molecular complexity index is 1460. The van der Waals surface area contributed by atoms with Crippen molar-refractivity contribution in [2.75, 3.05) is 30.2 Å². The highest BCUT2D eigenvalue weighted by atomic mass is 35.5. The van der Waals surface area contributed by atoms with Gasteiger partial charge in [-0.2, -0.15) is 0 Å². The molecule has 0 saturated carbocycles. The van der Waals surface area contributed by atoms with Gasteiger partial charge in [-0.05, 0) is 73.0 Å². The lowest BCUT2D eigenvalue weighted by molar-refractivity contribution is 0.139. The zero-order valence-electron chi connectivity index (χ0n) is 19.5. The standard InChI is InChI=1S/C25H25ClN4O5S/c1-35-20-6-4-19(5-7-20)27-25(32)29-13-16-12-17(15-29)23-11-10-22(24(31)30(23)14-16)28-36(33,34)21-8-2-18(26)3-9-21/h2-11,16-17,28H,12-15H2,1H3,(H,27,32). The zero-order chi connectivity index (χ0) is 25.4. The van der Waals surface area contributed by atoms with Crippen molar-refractivity contribution in [2.24, 2.45) is 5.92 Å². The van der Waals surface area contributed by atoms with E-state index in [1.54, 1.807) is 46.9 Å². The Kier molecular flexibility index (Phi) is 6.40. The third-order valence-electron chi connectivity index (χ3n) is 6.60. The van der Waals surface area contributed by atoms with Crippen LogP contribution >= 0.6 is 11.6 Å². The summed E-state index contributed by atoms with van der Waals surface area (Å²) in [5.41, 5.74) is 1.07. The molecule has 2 aliphatic heterocycles. The predicted octanol–water partition coefficient (Wildman–Crippen LogP) is 3.96. The highest BCUT2D eigenvalue weighted by Gasteiger charge is 2.37. The van der Waals surface area contributed by atoms with Gasteiger partial charge in [0.2, 0.25) is 0 Å². The molecule has 3 aromatic rings. The maximum atomic E-state index is 13.2. The van der Waals surface area contributed by atoms with Gasteiger partial charge in [0.15, 0.2) is 0 Å². The minimum Gasteiger partial charge on any atom is -0.497 e. The molecule has 3 heterocycles. The first-order chi connectivity index (χ1) is 17.2. The van der Waals surface area contributed by atoms with Crippen molar-refractivity contribution in [3.63, 3.8) is 0 Å². The van der Waals surface area contributed by atoms with Gasteiger partial charge in [0.25, 0.3) is 15.6 Å². The Morgan fingerprint density at radius 2 is 1.72 bits per heavy atom. The van der Waals surface area contributed by atoms with E-state index >= 15 is 0 Å². The number of urea groups is 1. The number of rotatable bonds is 5. The number of halogens is 1. The number of carbonyl (C=O) groups excluding carboxylic acids is 1. The van der Waals surface area contributed by atoms with Crippen molar-refractivity contribution in [1.82, 2.24) is 9.47 Å². The molecule has 11 heteroatoms. The molecule has 2 atom stereocenters. The second-order valence-electron chi connectivity index (χ2n) is 9.01. The zero-order valence-corrected chi connectivity index (χ0v) is 21.1. The van der Waals surface area contributed by atoms with Crippen molar-refractivity contribution < 1.29 is 17.9 Å². The summed E-state index contributed by atoms with van der Waals surface area (Å²) in [5.74, 6) is 0.768. The first kappa shape index (κ1) is 24.2. The van der Waals surface area contributed by atoms with E-state index in [-0.39, 0.29) is 28.4 Å². The number of ether oxygens (including phenoxy) is 1. The first-order valence-corrected chi connectivity index (χ1v) is 13.3. The lowest BCUT2D eigenvalue weighted by Gasteiger charge is -2.42. The van der Waals surface area contributed by atoms with Gasteiger partial charge in [-0.3, -0.25) is 9.52 Å². The molecule has 188 valence electrons. The van der Waals surface area contributed by atoms with Gasteiger partial charge in [-0.1, -0.05) is 11.6 Å². The average molecular weight is 529 g/mol. The number of piperidine rings is 1. The molecule has 0 aliphatic carbocycles. The van der Waals surface area contributed by atoms with E-state index in [1.807, 2.05) is 0 Å². The van der Waals surface area contributed by atoms with Gasteiger partial charge in [0.05, 0.1) is 12.0 Å². The quantitative estimate of drug-likeness (QED) is 0.521. The van der Waals surface area contributed by atoms with E-state index in [1.165, 1.54) is 30.3 Å². The van der Waals surface area contributed by atoms with Crippen molar-refractivity contribution in [1.29, 1.82) is 0 Å². The van der Waals surface area contributed by atoms with Crippen LogP contribution in [-0.2, 0) is 16.6 Å². The van der Waals surface area contributed by atoms with Crippen LogP contribution in [0.15, 0.2) is 70.4 Å². The third kappa shape index (κ3) is 4.78. The third-order valence-corrected chi connectivity index (χ3v) is 8.23. The SMILES string of the molecule is COc1ccc(NC(=O)N2CC3CC(C2)c2ccc(NS(=O)(=O)c4ccc(Cl)cc4)c(=O)n2C3)cc1. The number of pyridine rings is 1. The molecule has 2 amide bonds. The lowest BCUT2D eigenvalue weighted by atomic mass is 9.83. The van der Waals surface area contributed by atoms with Crippen LogP contribution in [0.25, 0.3) is 0 Å². The van der Waals surface area contributed by atoms with Crippen LogP contribution in [0, 0.1) is 5.92 Å². The highest BCUT2D eigenvalue weighted by molar-refractivity contribution is 7.92. The van der Waals surface area contributed by atoms with E-state index in [0.29, 0.717) is 36.1 Å². The molecule has 2 aliphatic rings. The number of amides is 2. The fourth-order valence-electron chi connectivity index (χ4n) is 4.88. The van der Waals surface area contributed by atoms with Crippen LogP contribution in [0.4, 0.5) is 16.2 Å². The summed E-state index contributed by atoms with van der Waals surface area (Å²) in [6.45, 7) is 1.38. The minimum atomic E-state index is -3.94. The Morgan fingerprint density at radius 1 is 1.00 bits per heavy atom. The number of fused-ring (bicyclic) bond motifs is 4. The topological polar surface area (TPSA) is 110 Å². The summed E-state index contributed by atoms with van der Waals surface area (Å²) in [5, 5.41) is 3.34. The van der Waals surface area contributed by atoms with Gasteiger partial charge < -0.3 is 19.5 Å². The van der Waals surface area contributed by atoms with E-state index in [2.05, 4.69) is 10.0 Å². The number of aromatic nitrogens is 1. The van der Waals surface area contributed by atoms with Crippen LogP contribution in [-0.4, -0.2) is 44.1 Å². The molecule has 9 nitrogen and oxygen atoms in total. The molecule has 5 rings (SSSR count). The molecule has 2 bridgehead atoms. The van der Waals surface area contributed by atoms with Crippen molar-refractivity contribution in [3.8, 4) is 5.75 Å². The fraction of sp³-hybridized carbons (Fsp3) is 0.280. The number of benzene rings is 2. The number of sulfonamides is 1. The number of nitrogens with one attached hydrogen (secondary N) is 2. The number of methoxy groups -OCH3 is 1. The minimum absolute atomic E-state index is 0.0113. The maximum absolute atomic E-state index is 13.2. The molecular formula is C25H25ClN4O5S. The number of hydrogen-bond acceptors (Lipinski definition) is 5. The molecule has 0 radical (unpaired) electrons. The molecule has 0 spiro atoms. The molecule has 36 heavy (non-hydrogen) atoms. The monoisotopic (exact) mass is 528 g/mol. The highest BCUT2D eigenvalue weighted by Crippen LogP contribution is 2.36. The van der Waals surface area contributed by atoms with Crippen LogP contribution in [0.1, 0.15) is 18.0 Å². The maximum Gasteiger partial charge on any atom is 0.321 e. The summed E-state index contributed by atoms with van der Waals surface area (Å²) in [4.78, 5) is 27.9. The number of nitrogens with zero attached hydrogens (tertiary/aromatic N) is 2. The van der Waals surface area contributed by atoms with Crippen molar-refractivity contribution in [2.45, 2.75) is 23.8 Å². The Hall–Kier alpha value is -3.50. The summed E-state index contributed by atoms with van der Waals surface area (Å²) in [6.07, 6.45) is 0.863. The molecule has 2 unspecified atom stereocenters.